The zero-order valence-corrected chi connectivity index (χ0v) is 14.3. The van der Waals surface area contributed by atoms with E-state index in [1.807, 2.05) is 36.4 Å². The highest BCUT2D eigenvalue weighted by molar-refractivity contribution is 6.31. The van der Waals surface area contributed by atoms with Gasteiger partial charge in [0, 0.05) is 5.02 Å². The predicted octanol–water partition coefficient (Wildman–Crippen LogP) is 4.16. The second kappa shape index (κ2) is 7.68. The van der Waals surface area contributed by atoms with E-state index in [1.165, 1.54) is 12.1 Å². The molecule has 0 unspecified atom stereocenters. The van der Waals surface area contributed by atoms with Crippen LogP contribution in [0, 0.1) is 11.3 Å². The van der Waals surface area contributed by atoms with E-state index in [9.17, 15) is 9.59 Å². The topological polar surface area (TPSA) is 79.2 Å². The molecule has 0 saturated heterocycles. The molecule has 3 rings (SSSR count). The standard InChI is InChI=1S/C20H13ClN2O3/c21-17-8-7-16(11-22)18(10-17)23-19(24)12-26-20(25)15-6-5-13-3-1-2-4-14(13)9-15/h1-10H,12H2,(H,23,24). The van der Waals surface area contributed by atoms with Crippen LogP contribution in [0.25, 0.3) is 10.8 Å². The summed E-state index contributed by atoms with van der Waals surface area (Å²) < 4.78 is 5.05. The van der Waals surface area contributed by atoms with Crippen LogP contribution in [0.4, 0.5) is 5.69 Å². The normalized spacial score (nSPS) is 10.2. The molecule has 3 aromatic rings. The molecule has 3 aromatic carbocycles. The Hall–Kier alpha value is -3.36. The van der Waals surface area contributed by atoms with Crippen LogP contribution in [0.2, 0.25) is 5.02 Å². The summed E-state index contributed by atoms with van der Waals surface area (Å²) in [5, 5.41) is 13.9. The predicted molar refractivity (Wildman–Crippen MR) is 99.0 cm³/mol. The maximum absolute atomic E-state index is 12.1. The van der Waals surface area contributed by atoms with Crippen molar-refractivity contribution in [1.29, 1.82) is 5.26 Å². The average Bonchev–Trinajstić information content (AvgIpc) is 2.66. The number of benzene rings is 3. The summed E-state index contributed by atoms with van der Waals surface area (Å²) in [6, 6.07) is 19.3. The number of amides is 1. The molecule has 0 saturated carbocycles. The maximum atomic E-state index is 12.1. The number of rotatable bonds is 4. The zero-order chi connectivity index (χ0) is 18.5. The van der Waals surface area contributed by atoms with Gasteiger partial charge >= 0.3 is 5.97 Å². The lowest BCUT2D eigenvalue weighted by molar-refractivity contribution is -0.119. The third-order valence-corrected chi connectivity index (χ3v) is 3.93. The number of hydrogen-bond acceptors (Lipinski definition) is 4. The number of halogens is 1. The Morgan fingerprint density at radius 1 is 1.04 bits per heavy atom. The minimum atomic E-state index is -0.600. The minimum absolute atomic E-state index is 0.267. The van der Waals surface area contributed by atoms with Crippen LogP contribution in [0.3, 0.4) is 0 Å². The number of nitrogens with zero attached hydrogens (tertiary/aromatic N) is 1. The molecule has 128 valence electrons. The van der Waals surface area contributed by atoms with Crippen LogP contribution < -0.4 is 5.32 Å². The Morgan fingerprint density at radius 2 is 1.81 bits per heavy atom. The van der Waals surface area contributed by atoms with E-state index in [4.69, 9.17) is 21.6 Å². The van der Waals surface area contributed by atoms with E-state index in [2.05, 4.69) is 5.32 Å². The molecule has 0 bridgehead atoms. The molecule has 0 atom stereocenters. The van der Waals surface area contributed by atoms with Crippen LogP contribution in [0.5, 0.6) is 0 Å². The van der Waals surface area contributed by atoms with Crippen molar-refractivity contribution >= 4 is 39.9 Å². The third kappa shape index (κ3) is 4.00. The molecular formula is C20H13ClN2O3. The summed E-state index contributed by atoms with van der Waals surface area (Å²) in [6.45, 7) is -0.469. The van der Waals surface area contributed by atoms with Gasteiger partial charge in [-0.3, -0.25) is 4.79 Å². The van der Waals surface area contributed by atoms with E-state index < -0.39 is 18.5 Å². The number of carbonyl (C=O) groups excluding carboxylic acids is 2. The Balaban J connectivity index is 1.64. The van der Waals surface area contributed by atoms with Crippen LogP contribution in [0.1, 0.15) is 15.9 Å². The molecule has 0 aliphatic rings. The monoisotopic (exact) mass is 364 g/mol. The molecule has 0 aromatic heterocycles. The quantitative estimate of drug-likeness (QED) is 0.705. The van der Waals surface area contributed by atoms with Crippen LogP contribution in [0.15, 0.2) is 60.7 Å². The molecule has 1 N–H and O–H groups in total. The lowest BCUT2D eigenvalue weighted by Crippen LogP contribution is -2.21. The number of nitriles is 1. The van der Waals surface area contributed by atoms with Gasteiger partial charge in [-0.2, -0.15) is 5.26 Å². The fourth-order valence-corrected chi connectivity index (χ4v) is 2.61. The summed E-state index contributed by atoms with van der Waals surface area (Å²) in [5.74, 6) is -1.16. The third-order valence-electron chi connectivity index (χ3n) is 3.70. The van der Waals surface area contributed by atoms with Crippen LogP contribution in [-0.4, -0.2) is 18.5 Å². The van der Waals surface area contributed by atoms with Gasteiger partial charge in [0.2, 0.25) is 0 Å². The SMILES string of the molecule is N#Cc1ccc(Cl)cc1NC(=O)COC(=O)c1ccc2ccccc2c1. The second-order valence-electron chi connectivity index (χ2n) is 5.49. The summed E-state index contributed by atoms with van der Waals surface area (Å²) in [4.78, 5) is 24.1. The first-order valence-electron chi connectivity index (χ1n) is 7.72. The summed E-state index contributed by atoms with van der Waals surface area (Å²) in [7, 11) is 0. The lowest BCUT2D eigenvalue weighted by Gasteiger charge is -2.09. The van der Waals surface area contributed by atoms with Crippen LogP contribution in [-0.2, 0) is 9.53 Å². The van der Waals surface area contributed by atoms with Gasteiger partial charge in [-0.15, -0.1) is 0 Å². The van der Waals surface area contributed by atoms with E-state index in [1.54, 1.807) is 18.2 Å². The van der Waals surface area contributed by atoms with E-state index in [0.29, 0.717) is 10.6 Å². The van der Waals surface area contributed by atoms with Crippen LogP contribution >= 0.6 is 11.6 Å². The molecule has 0 radical (unpaired) electrons. The lowest BCUT2D eigenvalue weighted by atomic mass is 10.1. The molecule has 26 heavy (non-hydrogen) atoms. The Morgan fingerprint density at radius 3 is 2.58 bits per heavy atom. The van der Waals surface area contributed by atoms with Gasteiger partial charge in [0.05, 0.1) is 16.8 Å². The molecule has 0 aliphatic carbocycles. The van der Waals surface area contributed by atoms with Crippen molar-refractivity contribution in [3.63, 3.8) is 0 Å². The number of ether oxygens (including phenoxy) is 1. The highest BCUT2D eigenvalue weighted by Gasteiger charge is 2.12. The number of carbonyl (C=O) groups is 2. The van der Waals surface area contributed by atoms with E-state index in [-0.39, 0.29) is 11.3 Å². The Labute approximate surface area is 154 Å². The Bertz CT molecular complexity index is 1040. The van der Waals surface area contributed by atoms with Gasteiger partial charge in [-0.05, 0) is 41.1 Å². The van der Waals surface area contributed by atoms with Gasteiger partial charge in [0.1, 0.15) is 6.07 Å². The van der Waals surface area contributed by atoms with Gasteiger partial charge in [0.15, 0.2) is 6.61 Å². The molecule has 0 fully saturated rings. The van der Waals surface area contributed by atoms with Crippen molar-refractivity contribution < 1.29 is 14.3 Å². The minimum Gasteiger partial charge on any atom is -0.452 e. The van der Waals surface area contributed by atoms with Gasteiger partial charge in [0.25, 0.3) is 5.91 Å². The highest BCUT2D eigenvalue weighted by Crippen LogP contribution is 2.20. The van der Waals surface area contributed by atoms with Crippen molar-refractivity contribution in [3.05, 3.63) is 76.8 Å². The van der Waals surface area contributed by atoms with Crippen molar-refractivity contribution in [3.8, 4) is 6.07 Å². The molecular weight excluding hydrogens is 352 g/mol. The molecule has 1 amide bonds. The molecule has 0 spiro atoms. The summed E-state index contributed by atoms with van der Waals surface area (Å²) in [5.41, 5.74) is 0.896. The van der Waals surface area contributed by atoms with Crippen molar-refractivity contribution in [2.24, 2.45) is 0 Å². The highest BCUT2D eigenvalue weighted by atomic mass is 35.5. The zero-order valence-electron chi connectivity index (χ0n) is 13.5. The second-order valence-corrected chi connectivity index (χ2v) is 5.92. The first-order chi connectivity index (χ1) is 12.6. The molecule has 0 aliphatic heterocycles. The van der Waals surface area contributed by atoms with Gasteiger partial charge in [-0.25, -0.2) is 4.79 Å². The molecule has 0 heterocycles. The van der Waals surface area contributed by atoms with E-state index >= 15 is 0 Å². The fourth-order valence-electron chi connectivity index (χ4n) is 2.43. The molecule has 6 heteroatoms. The number of fused-ring (bicyclic) bond motifs is 1. The molecule has 5 nitrogen and oxygen atoms in total. The van der Waals surface area contributed by atoms with Crippen molar-refractivity contribution in [2.75, 3.05) is 11.9 Å². The smallest absolute Gasteiger partial charge is 0.338 e. The van der Waals surface area contributed by atoms with E-state index in [0.717, 1.165) is 10.8 Å². The average molecular weight is 365 g/mol. The number of nitrogens with one attached hydrogen (secondary N) is 1. The Kier molecular flexibility index (Phi) is 5.16. The van der Waals surface area contributed by atoms with Gasteiger partial charge < -0.3 is 10.1 Å². The summed E-state index contributed by atoms with van der Waals surface area (Å²) in [6.07, 6.45) is 0. The summed E-state index contributed by atoms with van der Waals surface area (Å²) >= 11 is 5.87. The van der Waals surface area contributed by atoms with Crippen molar-refractivity contribution in [1.82, 2.24) is 0 Å². The van der Waals surface area contributed by atoms with Crippen molar-refractivity contribution in [2.45, 2.75) is 0 Å². The van der Waals surface area contributed by atoms with Gasteiger partial charge in [-0.1, -0.05) is 41.9 Å². The first kappa shape index (κ1) is 17.5. The number of hydrogen-bond donors (Lipinski definition) is 1. The fraction of sp³-hybridized carbons (Fsp3) is 0.0500. The number of esters is 1. The maximum Gasteiger partial charge on any atom is 0.338 e. The first-order valence-corrected chi connectivity index (χ1v) is 8.10. The number of anilines is 1. The largest absolute Gasteiger partial charge is 0.452 e.